The topological polar surface area (TPSA) is 55.8 Å². The molecule has 2 rings (SSSR count). The Kier molecular flexibility index (Phi) is 4.10. The monoisotopic (exact) mass is 264 g/mol. The molecule has 4 heteroatoms. The summed E-state index contributed by atoms with van der Waals surface area (Å²) in [5, 5.41) is 9.73. The molecule has 1 aliphatic carbocycles. The molecule has 0 spiro atoms. The van der Waals surface area contributed by atoms with Crippen molar-refractivity contribution in [2.24, 2.45) is 0 Å². The number of carboxylic acid groups (broad SMARTS) is 1. The van der Waals surface area contributed by atoms with Crippen molar-refractivity contribution >= 4 is 5.97 Å². The molecule has 1 saturated carbocycles. The van der Waals surface area contributed by atoms with Crippen molar-refractivity contribution in [3.8, 4) is 5.75 Å². The highest BCUT2D eigenvalue weighted by Crippen LogP contribution is 2.46. The van der Waals surface area contributed by atoms with Crippen LogP contribution in [0, 0.1) is 0 Å². The van der Waals surface area contributed by atoms with Gasteiger partial charge in [0.2, 0.25) is 0 Å². The first-order valence-corrected chi connectivity index (χ1v) is 6.54. The first-order valence-electron chi connectivity index (χ1n) is 6.54. The lowest BCUT2D eigenvalue weighted by molar-refractivity contribution is -0.143. The van der Waals surface area contributed by atoms with E-state index in [1.165, 1.54) is 0 Å². The molecule has 1 N–H and O–H groups in total. The van der Waals surface area contributed by atoms with Crippen molar-refractivity contribution in [1.82, 2.24) is 0 Å². The van der Waals surface area contributed by atoms with Gasteiger partial charge in [0.25, 0.3) is 0 Å². The molecule has 0 unspecified atom stereocenters. The molecule has 0 radical (unpaired) electrons. The fourth-order valence-corrected chi connectivity index (χ4v) is 3.11. The SMILES string of the molecule is COCc1cccc(OC)c1C1(C(=O)O)CCCC1. The molecular weight excluding hydrogens is 244 g/mol. The standard InChI is InChI=1S/C15H20O4/c1-18-10-11-6-5-7-12(19-2)13(11)15(14(16)17)8-3-4-9-15/h5-7H,3-4,8-10H2,1-2H3,(H,16,17). The quantitative estimate of drug-likeness (QED) is 0.888. The summed E-state index contributed by atoms with van der Waals surface area (Å²) in [6.45, 7) is 0.404. The molecule has 0 bridgehead atoms. The number of hydrogen-bond acceptors (Lipinski definition) is 3. The second kappa shape index (κ2) is 5.61. The highest BCUT2D eigenvalue weighted by molar-refractivity contribution is 5.83. The molecule has 1 aromatic rings. The van der Waals surface area contributed by atoms with Gasteiger partial charge < -0.3 is 14.6 Å². The van der Waals surface area contributed by atoms with Crippen LogP contribution in [0.5, 0.6) is 5.75 Å². The highest BCUT2D eigenvalue weighted by atomic mass is 16.5. The molecule has 0 heterocycles. The van der Waals surface area contributed by atoms with Crippen LogP contribution in [0.15, 0.2) is 18.2 Å². The molecule has 1 aromatic carbocycles. The van der Waals surface area contributed by atoms with E-state index in [1.807, 2.05) is 18.2 Å². The maximum atomic E-state index is 11.9. The molecule has 4 nitrogen and oxygen atoms in total. The maximum Gasteiger partial charge on any atom is 0.314 e. The van der Waals surface area contributed by atoms with Gasteiger partial charge in [0.1, 0.15) is 5.75 Å². The van der Waals surface area contributed by atoms with Gasteiger partial charge in [-0.25, -0.2) is 0 Å². The van der Waals surface area contributed by atoms with E-state index < -0.39 is 11.4 Å². The van der Waals surface area contributed by atoms with Gasteiger partial charge in [-0.1, -0.05) is 25.0 Å². The fourth-order valence-electron chi connectivity index (χ4n) is 3.11. The van der Waals surface area contributed by atoms with Gasteiger partial charge in [-0.05, 0) is 24.5 Å². The number of aliphatic carboxylic acids is 1. The summed E-state index contributed by atoms with van der Waals surface area (Å²) >= 11 is 0. The van der Waals surface area contributed by atoms with Crippen molar-refractivity contribution in [3.05, 3.63) is 29.3 Å². The summed E-state index contributed by atoms with van der Waals surface area (Å²) in [6, 6.07) is 5.63. The van der Waals surface area contributed by atoms with Gasteiger partial charge in [-0.15, -0.1) is 0 Å². The zero-order valence-corrected chi connectivity index (χ0v) is 11.4. The van der Waals surface area contributed by atoms with Crippen molar-refractivity contribution in [2.45, 2.75) is 37.7 Å². The third-order valence-electron chi connectivity index (χ3n) is 3.98. The molecule has 1 aliphatic rings. The van der Waals surface area contributed by atoms with E-state index >= 15 is 0 Å². The van der Waals surface area contributed by atoms with E-state index in [0.717, 1.165) is 24.0 Å². The van der Waals surface area contributed by atoms with E-state index in [1.54, 1.807) is 14.2 Å². The van der Waals surface area contributed by atoms with E-state index in [9.17, 15) is 9.90 Å². The van der Waals surface area contributed by atoms with Crippen molar-refractivity contribution in [3.63, 3.8) is 0 Å². The third kappa shape index (κ3) is 2.32. The Hall–Kier alpha value is -1.55. The minimum Gasteiger partial charge on any atom is -0.496 e. The highest BCUT2D eigenvalue weighted by Gasteiger charge is 2.46. The minimum atomic E-state index is -0.819. The number of rotatable bonds is 5. The van der Waals surface area contributed by atoms with E-state index in [-0.39, 0.29) is 0 Å². The van der Waals surface area contributed by atoms with Gasteiger partial charge in [-0.2, -0.15) is 0 Å². The van der Waals surface area contributed by atoms with Crippen LogP contribution in [0.2, 0.25) is 0 Å². The number of hydrogen-bond donors (Lipinski definition) is 1. The lowest BCUT2D eigenvalue weighted by Crippen LogP contribution is -2.34. The molecular formula is C15H20O4. The van der Waals surface area contributed by atoms with Gasteiger partial charge >= 0.3 is 5.97 Å². The Morgan fingerprint density at radius 1 is 1.32 bits per heavy atom. The molecule has 0 aromatic heterocycles. The lowest BCUT2D eigenvalue weighted by atomic mass is 9.76. The Bertz CT molecular complexity index is 461. The normalized spacial score (nSPS) is 17.4. The maximum absolute atomic E-state index is 11.9. The molecule has 19 heavy (non-hydrogen) atoms. The van der Waals surface area contributed by atoms with Crippen LogP contribution in [0.25, 0.3) is 0 Å². The second-order valence-electron chi connectivity index (χ2n) is 5.02. The molecule has 0 saturated heterocycles. The van der Waals surface area contributed by atoms with Gasteiger partial charge in [0.05, 0.1) is 19.1 Å². The van der Waals surface area contributed by atoms with Crippen molar-refractivity contribution in [2.75, 3.05) is 14.2 Å². The predicted octanol–water partition coefficient (Wildman–Crippen LogP) is 2.74. The third-order valence-corrected chi connectivity index (χ3v) is 3.98. The largest absolute Gasteiger partial charge is 0.496 e. The smallest absolute Gasteiger partial charge is 0.314 e. The summed E-state index contributed by atoms with van der Waals surface area (Å²) in [5.41, 5.74) is 0.885. The van der Waals surface area contributed by atoms with Crippen LogP contribution in [-0.2, 0) is 21.6 Å². The summed E-state index contributed by atoms with van der Waals surface area (Å²) in [5.74, 6) is -0.106. The summed E-state index contributed by atoms with van der Waals surface area (Å²) < 4.78 is 10.6. The van der Waals surface area contributed by atoms with Crippen LogP contribution in [0.4, 0.5) is 0 Å². The number of carbonyl (C=O) groups is 1. The van der Waals surface area contributed by atoms with Crippen LogP contribution in [0.1, 0.15) is 36.8 Å². The Morgan fingerprint density at radius 3 is 2.53 bits per heavy atom. The van der Waals surface area contributed by atoms with Gasteiger partial charge in [0.15, 0.2) is 0 Å². The lowest BCUT2D eigenvalue weighted by Gasteiger charge is -2.28. The van der Waals surface area contributed by atoms with Crippen molar-refractivity contribution < 1.29 is 19.4 Å². The number of carboxylic acids is 1. The van der Waals surface area contributed by atoms with E-state index in [0.29, 0.717) is 25.2 Å². The average Bonchev–Trinajstić information content (AvgIpc) is 2.89. The zero-order valence-electron chi connectivity index (χ0n) is 11.4. The fraction of sp³-hybridized carbons (Fsp3) is 0.533. The Balaban J connectivity index is 2.60. The van der Waals surface area contributed by atoms with Gasteiger partial charge in [0, 0.05) is 12.7 Å². The minimum absolute atomic E-state index is 0.404. The first-order chi connectivity index (χ1) is 9.15. The Labute approximate surface area is 113 Å². The Morgan fingerprint density at radius 2 is 2.00 bits per heavy atom. The van der Waals surface area contributed by atoms with E-state index in [2.05, 4.69) is 0 Å². The second-order valence-corrected chi connectivity index (χ2v) is 5.02. The van der Waals surface area contributed by atoms with Crippen LogP contribution in [0.3, 0.4) is 0 Å². The average molecular weight is 264 g/mol. The zero-order chi connectivity index (χ0) is 13.9. The first kappa shape index (κ1) is 13.9. The molecule has 0 aliphatic heterocycles. The van der Waals surface area contributed by atoms with Crippen molar-refractivity contribution in [1.29, 1.82) is 0 Å². The molecule has 0 atom stereocenters. The number of methoxy groups -OCH3 is 2. The molecule has 1 fully saturated rings. The van der Waals surface area contributed by atoms with E-state index in [4.69, 9.17) is 9.47 Å². The molecule has 104 valence electrons. The number of ether oxygens (including phenoxy) is 2. The number of benzene rings is 1. The predicted molar refractivity (Wildman–Crippen MR) is 71.5 cm³/mol. The van der Waals surface area contributed by atoms with Crippen LogP contribution >= 0.6 is 0 Å². The van der Waals surface area contributed by atoms with Gasteiger partial charge in [-0.3, -0.25) is 4.79 Å². The summed E-state index contributed by atoms with van der Waals surface area (Å²) in [4.78, 5) is 11.9. The summed E-state index contributed by atoms with van der Waals surface area (Å²) in [7, 11) is 3.20. The molecule has 0 amide bonds. The summed E-state index contributed by atoms with van der Waals surface area (Å²) in [6.07, 6.45) is 3.21. The van der Waals surface area contributed by atoms with Crippen LogP contribution in [-0.4, -0.2) is 25.3 Å². The van der Waals surface area contributed by atoms with Crippen LogP contribution < -0.4 is 4.74 Å².